The lowest BCUT2D eigenvalue weighted by Crippen LogP contribution is -1.91. The molecule has 0 aliphatic carbocycles. The minimum atomic E-state index is -0.388. The van der Waals surface area contributed by atoms with Crippen LogP contribution < -0.4 is 0 Å². The van der Waals surface area contributed by atoms with Gasteiger partial charge in [-0.1, -0.05) is 29.5 Å². The third kappa shape index (κ3) is 3.22. The molecule has 4 heteroatoms. The van der Waals surface area contributed by atoms with Crippen LogP contribution in [0.15, 0.2) is 40.3 Å². The van der Waals surface area contributed by atoms with Gasteiger partial charge in [-0.3, -0.25) is 10.1 Å². The van der Waals surface area contributed by atoms with Crippen LogP contribution in [0.5, 0.6) is 0 Å². The molecule has 0 aromatic heterocycles. The van der Waals surface area contributed by atoms with E-state index in [1.807, 2.05) is 31.2 Å². The highest BCUT2D eigenvalue weighted by Crippen LogP contribution is 2.20. The molecule has 0 N–H and O–H groups in total. The average Bonchev–Trinajstić information content (AvgIpc) is 2.16. The topological polar surface area (TPSA) is 43.1 Å². The average molecular weight is 209 g/mol. The van der Waals surface area contributed by atoms with E-state index in [2.05, 4.69) is 0 Å². The Labute approximate surface area is 87.0 Å². The normalized spacial score (nSPS) is 11.4. The molecular formula is C10H11NO2S. The summed E-state index contributed by atoms with van der Waals surface area (Å²) < 4.78 is 0. The van der Waals surface area contributed by atoms with Crippen molar-refractivity contribution in [3.63, 3.8) is 0 Å². The lowest BCUT2D eigenvalue weighted by atomic mass is 10.2. The summed E-state index contributed by atoms with van der Waals surface area (Å²) >= 11 is 1.36. The van der Waals surface area contributed by atoms with Crippen molar-refractivity contribution < 1.29 is 4.92 Å². The molecule has 0 aliphatic heterocycles. The SMILES string of the molecule is C/C(=C/Sc1ccc(C)cc1)[N+](=O)[O-]. The van der Waals surface area contributed by atoms with Crippen molar-refractivity contribution in [3.8, 4) is 0 Å². The summed E-state index contributed by atoms with van der Waals surface area (Å²) in [7, 11) is 0. The Morgan fingerprint density at radius 1 is 1.43 bits per heavy atom. The first-order valence-electron chi connectivity index (χ1n) is 4.14. The van der Waals surface area contributed by atoms with E-state index in [9.17, 15) is 10.1 Å². The Morgan fingerprint density at radius 3 is 2.50 bits per heavy atom. The van der Waals surface area contributed by atoms with Crippen LogP contribution in [-0.2, 0) is 0 Å². The van der Waals surface area contributed by atoms with Crippen LogP contribution in [-0.4, -0.2) is 4.92 Å². The van der Waals surface area contributed by atoms with Crippen molar-refractivity contribution in [2.24, 2.45) is 0 Å². The lowest BCUT2D eigenvalue weighted by Gasteiger charge is -1.96. The number of allylic oxidation sites excluding steroid dienone is 1. The molecule has 0 aliphatic rings. The molecule has 1 aromatic carbocycles. The molecule has 0 fully saturated rings. The number of hydrogen-bond acceptors (Lipinski definition) is 3. The van der Waals surface area contributed by atoms with Crippen molar-refractivity contribution in [2.45, 2.75) is 18.7 Å². The molecule has 74 valence electrons. The fourth-order valence-electron chi connectivity index (χ4n) is 0.813. The van der Waals surface area contributed by atoms with Crippen molar-refractivity contribution >= 4 is 11.8 Å². The Hall–Kier alpha value is -1.29. The lowest BCUT2D eigenvalue weighted by molar-refractivity contribution is -0.424. The van der Waals surface area contributed by atoms with Gasteiger partial charge >= 0.3 is 0 Å². The fourth-order valence-corrected chi connectivity index (χ4v) is 1.50. The van der Waals surface area contributed by atoms with Crippen LogP contribution >= 0.6 is 11.8 Å². The molecule has 0 radical (unpaired) electrons. The van der Waals surface area contributed by atoms with E-state index < -0.39 is 0 Å². The smallest absolute Gasteiger partial charge is 0.249 e. The maximum atomic E-state index is 10.3. The van der Waals surface area contributed by atoms with Crippen molar-refractivity contribution in [3.05, 3.63) is 51.0 Å². The van der Waals surface area contributed by atoms with Gasteiger partial charge in [-0.25, -0.2) is 0 Å². The molecule has 0 unspecified atom stereocenters. The van der Waals surface area contributed by atoms with Crippen LogP contribution in [0.25, 0.3) is 0 Å². The third-order valence-corrected chi connectivity index (χ3v) is 2.68. The van der Waals surface area contributed by atoms with Crippen LogP contribution in [0.2, 0.25) is 0 Å². The summed E-state index contributed by atoms with van der Waals surface area (Å²) in [5.74, 6) is 0. The zero-order valence-electron chi connectivity index (χ0n) is 8.06. The first-order valence-corrected chi connectivity index (χ1v) is 5.02. The van der Waals surface area contributed by atoms with Crippen LogP contribution in [0, 0.1) is 17.0 Å². The van der Waals surface area contributed by atoms with Gasteiger partial charge in [0, 0.05) is 17.2 Å². The van der Waals surface area contributed by atoms with Gasteiger partial charge in [0.2, 0.25) is 5.70 Å². The van der Waals surface area contributed by atoms with E-state index in [4.69, 9.17) is 0 Å². The number of thioether (sulfide) groups is 1. The maximum Gasteiger partial charge on any atom is 0.249 e. The molecule has 0 saturated heterocycles. The standard InChI is InChI=1S/C10H11NO2S/c1-8-3-5-10(6-4-8)14-7-9(2)11(12)13/h3-7H,1-2H3/b9-7-. The Morgan fingerprint density at radius 2 is 2.00 bits per heavy atom. The van der Waals surface area contributed by atoms with E-state index in [0.717, 1.165) is 4.90 Å². The molecule has 14 heavy (non-hydrogen) atoms. The van der Waals surface area contributed by atoms with Crippen LogP contribution in [0.4, 0.5) is 0 Å². The van der Waals surface area contributed by atoms with Gasteiger partial charge in [-0.2, -0.15) is 0 Å². The molecule has 0 spiro atoms. The van der Waals surface area contributed by atoms with E-state index in [0.29, 0.717) is 0 Å². The summed E-state index contributed by atoms with van der Waals surface area (Å²) in [6.45, 7) is 3.49. The quantitative estimate of drug-likeness (QED) is 0.436. The second kappa shape index (κ2) is 4.81. The second-order valence-corrected chi connectivity index (χ2v) is 3.89. The summed E-state index contributed by atoms with van der Waals surface area (Å²) in [4.78, 5) is 10.9. The van der Waals surface area contributed by atoms with Crippen molar-refractivity contribution in [1.82, 2.24) is 0 Å². The molecule has 0 saturated carbocycles. The van der Waals surface area contributed by atoms with Gasteiger partial charge in [0.1, 0.15) is 0 Å². The highest BCUT2D eigenvalue weighted by molar-refractivity contribution is 8.02. The number of nitrogens with zero attached hydrogens (tertiary/aromatic N) is 1. The summed E-state index contributed by atoms with van der Waals surface area (Å²) in [5.41, 5.74) is 1.35. The molecule has 0 bridgehead atoms. The summed E-state index contributed by atoms with van der Waals surface area (Å²) in [6.07, 6.45) is 0. The molecular weight excluding hydrogens is 198 g/mol. The number of nitro groups is 1. The predicted octanol–water partition coefficient (Wildman–Crippen LogP) is 3.23. The highest BCUT2D eigenvalue weighted by Gasteiger charge is 2.00. The molecule has 0 heterocycles. The second-order valence-electron chi connectivity index (χ2n) is 2.95. The van der Waals surface area contributed by atoms with Gasteiger partial charge in [-0.05, 0) is 19.1 Å². The van der Waals surface area contributed by atoms with Crippen LogP contribution in [0.1, 0.15) is 12.5 Å². The van der Waals surface area contributed by atoms with E-state index in [-0.39, 0.29) is 10.6 Å². The van der Waals surface area contributed by atoms with Crippen LogP contribution in [0.3, 0.4) is 0 Å². The van der Waals surface area contributed by atoms with E-state index in [1.54, 1.807) is 5.41 Å². The molecule has 3 nitrogen and oxygen atoms in total. The van der Waals surface area contributed by atoms with Crippen molar-refractivity contribution in [1.29, 1.82) is 0 Å². The monoisotopic (exact) mass is 209 g/mol. The minimum Gasteiger partial charge on any atom is -0.259 e. The third-order valence-electron chi connectivity index (χ3n) is 1.67. The number of aryl methyl sites for hydroxylation is 1. The minimum absolute atomic E-state index is 0.163. The first kappa shape index (κ1) is 10.8. The zero-order chi connectivity index (χ0) is 10.6. The molecule has 0 amide bonds. The first-order chi connectivity index (χ1) is 6.59. The summed E-state index contributed by atoms with van der Waals surface area (Å²) in [5, 5.41) is 11.8. The molecule has 0 atom stereocenters. The highest BCUT2D eigenvalue weighted by atomic mass is 32.2. The van der Waals surface area contributed by atoms with E-state index >= 15 is 0 Å². The Bertz CT molecular complexity index is 357. The van der Waals surface area contributed by atoms with E-state index in [1.165, 1.54) is 24.2 Å². The number of benzene rings is 1. The Balaban J connectivity index is 2.66. The maximum absolute atomic E-state index is 10.3. The van der Waals surface area contributed by atoms with Crippen molar-refractivity contribution in [2.75, 3.05) is 0 Å². The molecule has 1 aromatic rings. The predicted molar refractivity (Wildman–Crippen MR) is 57.8 cm³/mol. The number of rotatable bonds is 3. The van der Waals surface area contributed by atoms with Gasteiger partial charge in [-0.15, -0.1) is 0 Å². The Kier molecular flexibility index (Phi) is 3.71. The number of hydrogen-bond donors (Lipinski definition) is 0. The molecule has 1 rings (SSSR count). The zero-order valence-corrected chi connectivity index (χ0v) is 8.88. The summed E-state index contributed by atoms with van der Waals surface area (Å²) in [6, 6.07) is 7.86. The fraction of sp³-hybridized carbons (Fsp3) is 0.200. The largest absolute Gasteiger partial charge is 0.259 e. The van der Waals surface area contributed by atoms with Gasteiger partial charge in [0.15, 0.2) is 0 Å². The van der Waals surface area contributed by atoms with Gasteiger partial charge < -0.3 is 0 Å². The van der Waals surface area contributed by atoms with Gasteiger partial charge in [0.05, 0.1) is 4.92 Å². The van der Waals surface area contributed by atoms with Gasteiger partial charge in [0.25, 0.3) is 0 Å².